The number of hydrogen-bond donors (Lipinski definition) is 1. The zero-order chi connectivity index (χ0) is 18.8. The van der Waals surface area contributed by atoms with E-state index >= 15 is 0 Å². The van der Waals surface area contributed by atoms with Crippen LogP contribution in [0.2, 0.25) is 0 Å². The summed E-state index contributed by atoms with van der Waals surface area (Å²) in [6, 6.07) is 9.83. The summed E-state index contributed by atoms with van der Waals surface area (Å²) >= 11 is 0. The number of carbonyl (C=O) groups excluding carboxylic acids is 2. The molecular formula is C20H22N2O4. The Balaban J connectivity index is 2.32. The summed E-state index contributed by atoms with van der Waals surface area (Å²) < 4.78 is 10.3. The van der Waals surface area contributed by atoms with Crippen LogP contribution >= 0.6 is 0 Å². The third-order valence-corrected chi connectivity index (χ3v) is 4.25. The van der Waals surface area contributed by atoms with Crippen LogP contribution in [0.25, 0.3) is 21.7 Å². The SMILES string of the molecule is CCOC(=O)c1[nH]c2c(ccc3ccc(N(C)C)cc32)c1C(=O)OCC. The zero-order valence-electron chi connectivity index (χ0n) is 15.4. The fourth-order valence-corrected chi connectivity index (χ4v) is 3.02. The van der Waals surface area contributed by atoms with Gasteiger partial charge in [-0.2, -0.15) is 0 Å². The molecule has 0 radical (unpaired) electrons. The van der Waals surface area contributed by atoms with Gasteiger partial charge in [-0.15, -0.1) is 0 Å². The first kappa shape index (κ1) is 17.8. The Morgan fingerprint density at radius 3 is 2.27 bits per heavy atom. The molecule has 0 bridgehead atoms. The maximum Gasteiger partial charge on any atom is 0.355 e. The van der Waals surface area contributed by atoms with Crippen molar-refractivity contribution in [1.82, 2.24) is 4.98 Å². The van der Waals surface area contributed by atoms with Crippen LogP contribution in [0.15, 0.2) is 30.3 Å². The Kier molecular flexibility index (Phi) is 4.84. The smallest absolute Gasteiger partial charge is 0.355 e. The number of anilines is 1. The summed E-state index contributed by atoms with van der Waals surface area (Å²) in [7, 11) is 3.92. The van der Waals surface area contributed by atoms with E-state index in [1.54, 1.807) is 13.8 Å². The van der Waals surface area contributed by atoms with Crippen molar-refractivity contribution in [3.8, 4) is 0 Å². The van der Waals surface area contributed by atoms with Gasteiger partial charge in [0, 0.05) is 30.6 Å². The normalized spacial score (nSPS) is 10.9. The molecule has 0 atom stereocenters. The van der Waals surface area contributed by atoms with Crippen molar-refractivity contribution in [2.75, 3.05) is 32.2 Å². The molecule has 2 aromatic carbocycles. The first-order chi connectivity index (χ1) is 12.5. The number of nitrogens with zero attached hydrogens (tertiary/aromatic N) is 1. The summed E-state index contributed by atoms with van der Waals surface area (Å²) in [5.41, 5.74) is 2.09. The number of carbonyl (C=O) groups is 2. The minimum absolute atomic E-state index is 0.128. The van der Waals surface area contributed by atoms with Gasteiger partial charge in [-0.05, 0) is 31.4 Å². The summed E-state index contributed by atoms with van der Waals surface area (Å²) in [5, 5.41) is 2.58. The van der Waals surface area contributed by atoms with Crippen molar-refractivity contribution in [3.63, 3.8) is 0 Å². The van der Waals surface area contributed by atoms with Crippen molar-refractivity contribution >= 4 is 39.3 Å². The molecule has 0 aliphatic rings. The third-order valence-electron chi connectivity index (χ3n) is 4.25. The Labute approximate surface area is 151 Å². The molecule has 0 spiro atoms. The second kappa shape index (κ2) is 7.07. The Hall–Kier alpha value is -3.02. The highest BCUT2D eigenvalue weighted by atomic mass is 16.5. The average molecular weight is 354 g/mol. The van der Waals surface area contributed by atoms with Gasteiger partial charge in [-0.1, -0.05) is 18.2 Å². The monoisotopic (exact) mass is 354 g/mol. The maximum atomic E-state index is 12.5. The van der Waals surface area contributed by atoms with Gasteiger partial charge in [-0.3, -0.25) is 0 Å². The van der Waals surface area contributed by atoms with E-state index in [-0.39, 0.29) is 24.5 Å². The molecule has 0 aliphatic heterocycles. The molecule has 1 aromatic heterocycles. The number of benzene rings is 2. The third kappa shape index (κ3) is 2.98. The minimum Gasteiger partial charge on any atom is -0.462 e. The molecular weight excluding hydrogens is 332 g/mol. The standard InChI is InChI=1S/C20H22N2O4/c1-5-25-19(23)16-14-10-8-12-7-9-13(22(3)4)11-15(12)17(14)21-18(16)20(24)26-6-2/h7-11,21H,5-6H2,1-4H3. The molecule has 0 aliphatic carbocycles. The van der Waals surface area contributed by atoms with Crippen LogP contribution in [0.4, 0.5) is 5.69 Å². The van der Waals surface area contributed by atoms with Crippen molar-refractivity contribution < 1.29 is 19.1 Å². The molecule has 0 saturated heterocycles. The predicted molar refractivity (Wildman–Crippen MR) is 102 cm³/mol. The quantitative estimate of drug-likeness (QED) is 0.707. The van der Waals surface area contributed by atoms with Crippen LogP contribution in [0.5, 0.6) is 0 Å². The van der Waals surface area contributed by atoms with E-state index in [1.165, 1.54) is 0 Å². The van der Waals surface area contributed by atoms with E-state index in [0.29, 0.717) is 5.39 Å². The molecule has 0 fully saturated rings. The van der Waals surface area contributed by atoms with E-state index in [1.807, 2.05) is 49.3 Å². The lowest BCUT2D eigenvalue weighted by atomic mass is 10.0. The molecule has 6 heteroatoms. The molecule has 0 saturated carbocycles. The van der Waals surface area contributed by atoms with Gasteiger partial charge in [0.1, 0.15) is 5.69 Å². The highest BCUT2D eigenvalue weighted by Gasteiger charge is 2.26. The van der Waals surface area contributed by atoms with Crippen molar-refractivity contribution in [2.24, 2.45) is 0 Å². The Morgan fingerprint density at radius 1 is 0.962 bits per heavy atom. The number of aromatic nitrogens is 1. The topological polar surface area (TPSA) is 71.6 Å². The van der Waals surface area contributed by atoms with Crippen LogP contribution in [0.3, 0.4) is 0 Å². The van der Waals surface area contributed by atoms with E-state index in [2.05, 4.69) is 4.98 Å². The van der Waals surface area contributed by atoms with Crippen LogP contribution in [0, 0.1) is 0 Å². The number of nitrogens with one attached hydrogen (secondary N) is 1. The van der Waals surface area contributed by atoms with Gasteiger partial charge in [0.2, 0.25) is 0 Å². The van der Waals surface area contributed by atoms with E-state index in [0.717, 1.165) is 22.0 Å². The molecule has 136 valence electrons. The lowest BCUT2D eigenvalue weighted by Crippen LogP contribution is -2.13. The van der Waals surface area contributed by atoms with Crippen LogP contribution in [0.1, 0.15) is 34.7 Å². The molecule has 6 nitrogen and oxygen atoms in total. The van der Waals surface area contributed by atoms with Gasteiger partial charge in [0.25, 0.3) is 0 Å². The lowest BCUT2D eigenvalue weighted by molar-refractivity contribution is 0.0477. The highest BCUT2D eigenvalue weighted by Crippen LogP contribution is 2.32. The zero-order valence-corrected chi connectivity index (χ0v) is 15.4. The molecule has 26 heavy (non-hydrogen) atoms. The number of fused-ring (bicyclic) bond motifs is 3. The fourth-order valence-electron chi connectivity index (χ4n) is 3.02. The summed E-state index contributed by atoms with van der Waals surface area (Å²) in [6.45, 7) is 3.91. The van der Waals surface area contributed by atoms with Gasteiger partial charge in [-0.25, -0.2) is 9.59 Å². The number of hydrogen-bond acceptors (Lipinski definition) is 5. The van der Waals surface area contributed by atoms with Gasteiger partial charge >= 0.3 is 11.9 Å². The second-order valence-corrected chi connectivity index (χ2v) is 6.10. The van der Waals surface area contributed by atoms with Gasteiger partial charge < -0.3 is 19.4 Å². The largest absolute Gasteiger partial charge is 0.462 e. The number of ether oxygens (including phenoxy) is 2. The highest BCUT2D eigenvalue weighted by molar-refractivity contribution is 6.18. The van der Waals surface area contributed by atoms with Gasteiger partial charge in [0.05, 0.1) is 24.3 Å². The van der Waals surface area contributed by atoms with Crippen molar-refractivity contribution in [2.45, 2.75) is 13.8 Å². The van der Waals surface area contributed by atoms with E-state index < -0.39 is 11.9 Å². The molecule has 3 aromatic rings. The van der Waals surface area contributed by atoms with Crippen LogP contribution < -0.4 is 4.90 Å². The van der Waals surface area contributed by atoms with Crippen LogP contribution in [-0.2, 0) is 9.47 Å². The molecule has 0 amide bonds. The summed E-state index contributed by atoms with van der Waals surface area (Å²) in [6.07, 6.45) is 0. The molecule has 3 rings (SSSR count). The average Bonchev–Trinajstić information content (AvgIpc) is 3.01. The predicted octanol–water partition coefficient (Wildman–Crippen LogP) is 3.74. The molecule has 1 heterocycles. The molecule has 1 N–H and O–H groups in total. The van der Waals surface area contributed by atoms with E-state index in [9.17, 15) is 9.59 Å². The van der Waals surface area contributed by atoms with Gasteiger partial charge in [0.15, 0.2) is 0 Å². The number of rotatable bonds is 5. The summed E-state index contributed by atoms with van der Waals surface area (Å²) in [4.78, 5) is 30.0. The van der Waals surface area contributed by atoms with E-state index in [4.69, 9.17) is 9.47 Å². The second-order valence-electron chi connectivity index (χ2n) is 6.10. The number of esters is 2. The Bertz CT molecular complexity index is 988. The molecule has 0 unspecified atom stereocenters. The first-order valence-electron chi connectivity index (χ1n) is 8.57. The number of H-pyrrole nitrogens is 1. The first-order valence-corrected chi connectivity index (χ1v) is 8.57. The number of aromatic amines is 1. The lowest BCUT2D eigenvalue weighted by Gasteiger charge is -2.13. The van der Waals surface area contributed by atoms with Crippen molar-refractivity contribution in [1.29, 1.82) is 0 Å². The fraction of sp³-hybridized carbons (Fsp3) is 0.300. The Morgan fingerprint density at radius 2 is 1.62 bits per heavy atom. The summed E-state index contributed by atoms with van der Waals surface area (Å²) in [5.74, 6) is -1.10. The maximum absolute atomic E-state index is 12.5. The van der Waals surface area contributed by atoms with Crippen molar-refractivity contribution in [3.05, 3.63) is 41.6 Å². The van der Waals surface area contributed by atoms with Crippen LogP contribution in [-0.4, -0.2) is 44.2 Å². The minimum atomic E-state index is -0.566.